The summed E-state index contributed by atoms with van der Waals surface area (Å²) >= 11 is 0. The number of aliphatic hydroxyl groups is 3. The number of allylic oxidation sites excluding steroid dienone is 6. The van der Waals surface area contributed by atoms with Crippen LogP contribution in [0.5, 0.6) is 0 Å². The van der Waals surface area contributed by atoms with E-state index in [1.165, 1.54) is 128 Å². The van der Waals surface area contributed by atoms with Crippen molar-refractivity contribution in [1.29, 1.82) is 0 Å². The van der Waals surface area contributed by atoms with Gasteiger partial charge in [0.05, 0.1) is 6.61 Å². The van der Waals surface area contributed by atoms with E-state index < -0.39 is 61.3 Å². The summed E-state index contributed by atoms with van der Waals surface area (Å²) in [4.78, 5) is 37.0. The quantitative estimate of drug-likeness (QED) is 0.0261. The molecule has 64 heavy (non-hydrogen) atoms. The van der Waals surface area contributed by atoms with E-state index in [0.717, 1.165) is 64.2 Å². The Morgan fingerprint density at radius 3 is 1.31 bits per heavy atom. The molecule has 0 aromatic heterocycles. The number of aliphatic carboxylic acids is 1. The minimum absolute atomic E-state index is 0.173. The number of hydrogen-bond donors (Lipinski definition) is 4. The first-order valence-electron chi connectivity index (χ1n) is 26.0. The van der Waals surface area contributed by atoms with Crippen LogP contribution in [-0.2, 0) is 33.3 Å². The number of esters is 2. The first-order valence-corrected chi connectivity index (χ1v) is 26.0. The van der Waals surface area contributed by atoms with E-state index in [2.05, 4.69) is 50.3 Å². The van der Waals surface area contributed by atoms with Crippen molar-refractivity contribution in [3.05, 3.63) is 36.5 Å². The third-order valence-electron chi connectivity index (χ3n) is 12.0. The van der Waals surface area contributed by atoms with Crippen LogP contribution in [0.3, 0.4) is 0 Å². The Morgan fingerprint density at radius 1 is 0.484 bits per heavy atom. The maximum atomic E-state index is 12.8. The van der Waals surface area contributed by atoms with Crippen LogP contribution >= 0.6 is 0 Å². The van der Waals surface area contributed by atoms with Crippen LogP contribution < -0.4 is 0 Å². The highest BCUT2D eigenvalue weighted by atomic mass is 16.7. The number of carbonyl (C=O) groups is 3. The van der Waals surface area contributed by atoms with Crippen LogP contribution in [0.2, 0.25) is 0 Å². The predicted octanol–water partition coefficient (Wildman–Crippen LogP) is 12.3. The molecule has 1 fully saturated rings. The standard InChI is InChI=1S/C53H94O11/c1-3-5-7-9-11-13-15-17-19-20-21-22-23-24-25-26-28-29-31-33-35-37-39-41-46(54)61-43-45(44-62-53-50(58)48(56)49(57)51(64-53)52(59)60)63-47(55)42-40-38-36-34-32-30-27-18-16-14-12-10-8-6-4-2/h15,17-18,20-21,27,45,48-51,53,56-58H,3-14,16,19,22-26,28-44H2,1-2H3,(H,59,60)/b17-15-,21-20-,27-18-. The minimum Gasteiger partial charge on any atom is -0.479 e. The van der Waals surface area contributed by atoms with Crippen molar-refractivity contribution in [1.82, 2.24) is 0 Å². The Bertz CT molecular complexity index is 1200. The Kier molecular flexibility index (Phi) is 40.0. The smallest absolute Gasteiger partial charge is 0.335 e. The maximum absolute atomic E-state index is 12.8. The van der Waals surface area contributed by atoms with Crippen molar-refractivity contribution in [3.8, 4) is 0 Å². The van der Waals surface area contributed by atoms with Gasteiger partial charge in [-0.05, 0) is 70.6 Å². The molecular formula is C53H94O11. The van der Waals surface area contributed by atoms with Gasteiger partial charge in [0, 0.05) is 12.8 Å². The van der Waals surface area contributed by atoms with Crippen molar-refractivity contribution in [2.75, 3.05) is 13.2 Å². The van der Waals surface area contributed by atoms with Crippen molar-refractivity contribution in [3.63, 3.8) is 0 Å². The first-order chi connectivity index (χ1) is 31.2. The molecule has 1 saturated heterocycles. The molecule has 0 radical (unpaired) electrons. The summed E-state index contributed by atoms with van der Waals surface area (Å²) in [6, 6.07) is 0. The highest BCUT2D eigenvalue weighted by molar-refractivity contribution is 5.73. The SMILES string of the molecule is CCCCCCC/C=C\C/C=C\CCCCCCCCCCCCCC(=O)OCC(COC1OC(C(=O)O)C(O)C(O)C1O)OC(=O)CCCCCCC/C=C\CCCCCCCC. The third kappa shape index (κ3) is 33.8. The topological polar surface area (TPSA) is 169 Å². The van der Waals surface area contributed by atoms with Crippen molar-refractivity contribution < 1.29 is 53.8 Å². The molecule has 1 aliphatic rings. The fraction of sp³-hybridized carbons (Fsp3) is 0.830. The summed E-state index contributed by atoms with van der Waals surface area (Å²) in [6.45, 7) is 3.81. The molecule has 0 aromatic carbocycles. The van der Waals surface area contributed by atoms with E-state index in [4.69, 9.17) is 18.9 Å². The summed E-state index contributed by atoms with van der Waals surface area (Å²) < 4.78 is 21.8. The minimum atomic E-state index is -1.86. The second kappa shape index (κ2) is 43.0. The van der Waals surface area contributed by atoms with Gasteiger partial charge in [-0.2, -0.15) is 0 Å². The van der Waals surface area contributed by atoms with Gasteiger partial charge in [-0.1, -0.05) is 185 Å². The van der Waals surface area contributed by atoms with Gasteiger partial charge in [-0.15, -0.1) is 0 Å². The molecule has 372 valence electrons. The maximum Gasteiger partial charge on any atom is 0.335 e. The van der Waals surface area contributed by atoms with E-state index in [1.54, 1.807) is 0 Å². The molecule has 0 aliphatic carbocycles. The lowest BCUT2D eigenvalue weighted by Crippen LogP contribution is -2.60. The molecule has 6 unspecified atom stereocenters. The molecule has 1 aliphatic heterocycles. The Balaban J connectivity index is 2.27. The summed E-state index contributed by atoms with van der Waals surface area (Å²) in [5, 5.41) is 39.9. The van der Waals surface area contributed by atoms with Gasteiger partial charge in [-0.3, -0.25) is 9.59 Å². The molecule has 11 nitrogen and oxygen atoms in total. The molecule has 0 amide bonds. The van der Waals surface area contributed by atoms with Gasteiger partial charge in [0.1, 0.15) is 24.9 Å². The van der Waals surface area contributed by atoms with Gasteiger partial charge in [-0.25, -0.2) is 4.79 Å². The molecule has 0 bridgehead atoms. The Hall–Kier alpha value is -2.57. The Morgan fingerprint density at radius 2 is 0.875 bits per heavy atom. The van der Waals surface area contributed by atoms with E-state index in [9.17, 15) is 34.8 Å². The first kappa shape index (κ1) is 59.4. The average molecular weight is 907 g/mol. The molecule has 0 spiro atoms. The molecule has 6 atom stereocenters. The highest BCUT2D eigenvalue weighted by Gasteiger charge is 2.47. The lowest BCUT2D eigenvalue weighted by Gasteiger charge is -2.38. The predicted molar refractivity (Wildman–Crippen MR) is 257 cm³/mol. The molecule has 11 heteroatoms. The summed E-state index contributed by atoms with van der Waals surface area (Å²) in [7, 11) is 0. The van der Waals surface area contributed by atoms with Gasteiger partial charge in [0.2, 0.25) is 0 Å². The van der Waals surface area contributed by atoms with Gasteiger partial charge < -0.3 is 39.4 Å². The fourth-order valence-corrected chi connectivity index (χ4v) is 7.85. The van der Waals surface area contributed by atoms with E-state index in [0.29, 0.717) is 12.8 Å². The molecule has 1 rings (SSSR count). The number of aliphatic hydroxyl groups excluding tert-OH is 3. The number of carbonyl (C=O) groups excluding carboxylic acids is 2. The largest absolute Gasteiger partial charge is 0.479 e. The lowest BCUT2D eigenvalue weighted by atomic mass is 9.99. The van der Waals surface area contributed by atoms with E-state index >= 15 is 0 Å². The van der Waals surface area contributed by atoms with Gasteiger partial charge >= 0.3 is 17.9 Å². The third-order valence-corrected chi connectivity index (χ3v) is 12.0. The molecular weight excluding hydrogens is 813 g/mol. The molecule has 0 saturated carbocycles. The van der Waals surface area contributed by atoms with Crippen LogP contribution in [0.15, 0.2) is 36.5 Å². The van der Waals surface area contributed by atoms with Gasteiger partial charge in [0.25, 0.3) is 0 Å². The van der Waals surface area contributed by atoms with Gasteiger partial charge in [0.15, 0.2) is 18.5 Å². The van der Waals surface area contributed by atoms with Crippen LogP contribution in [0.25, 0.3) is 0 Å². The second-order valence-electron chi connectivity index (χ2n) is 18.0. The van der Waals surface area contributed by atoms with Crippen molar-refractivity contribution in [2.24, 2.45) is 0 Å². The number of unbranched alkanes of at least 4 members (excludes halogenated alkanes) is 27. The van der Waals surface area contributed by atoms with Crippen LogP contribution in [0.4, 0.5) is 0 Å². The molecule has 0 aromatic rings. The molecule has 1 heterocycles. The number of ether oxygens (including phenoxy) is 4. The molecule has 4 N–H and O–H groups in total. The van der Waals surface area contributed by atoms with Crippen LogP contribution in [0.1, 0.15) is 232 Å². The van der Waals surface area contributed by atoms with E-state index in [-0.39, 0.29) is 19.4 Å². The second-order valence-corrected chi connectivity index (χ2v) is 18.0. The summed E-state index contributed by atoms with van der Waals surface area (Å²) in [6.07, 6.45) is 41.9. The zero-order valence-electron chi connectivity index (χ0n) is 40.5. The highest BCUT2D eigenvalue weighted by Crippen LogP contribution is 2.23. The summed E-state index contributed by atoms with van der Waals surface area (Å²) in [5.41, 5.74) is 0. The lowest BCUT2D eigenvalue weighted by molar-refractivity contribution is -0.298. The van der Waals surface area contributed by atoms with E-state index in [1.807, 2.05) is 0 Å². The van der Waals surface area contributed by atoms with Crippen molar-refractivity contribution >= 4 is 17.9 Å². The zero-order chi connectivity index (χ0) is 46.7. The number of carboxylic acid groups (broad SMARTS) is 1. The van der Waals surface area contributed by atoms with Crippen LogP contribution in [0, 0.1) is 0 Å². The fourth-order valence-electron chi connectivity index (χ4n) is 7.85. The normalized spacial score (nSPS) is 19.5. The zero-order valence-corrected chi connectivity index (χ0v) is 40.5. The number of carboxylic acids is 1. The monoisotopic (exact) mass is 907 g/mol. The number of rotatable bonds is 44. The number of hydrogen-bond acceptors (Lipinski definition) is 10. The summed E-state index contributed by atoms with van der Waals surface area (Å²) in [5.74, 6) is -2.45. The van der Waals surface area contributed by atoms with Crippen molar-refractivity contribution in [2.45, 2.75) is 269 Å². The van der Waals surface area contributed by atoms with Crippen LogP contribution in [-0.4, -0.2) is 88.4 Å². The Labute approximate surface area is 389 Å². The average Bonchev–Trinajstić information content (AvgIpc) is 3.28.